The van der Waals surface area contributed by atoms with Crippen LogP contribution in [0, 0.1) is 0 Å². The molecule has 0 bridgehead atoms. The summed E-state index contributed by atoms with van der Waals surface area (Å²) in [7, 11) is -3.55. The molecule has 0 aliphatic carbocycles. The van der Waals surface area contributed by atoms with Crippen LogP contribution < -0.4 is 4.74 Å². The maximum atomic E-state index is 11.3. The molecule has 0 saturated carbocycles. The van der Waals surface area contributed by atoms with Crippen LogP contribution in [0.15, 0.2) is 46.9 Å². The average molecular weight is 468 g/mol. The SMILES string of the molecule is CS(=O)(=O)OC[C@H](CCOc1ccc(Br)cc1)c1ccc(Cl)cc1Cl. The summed E-state index contributed by atoms with van der Waals surface area (Å²) < 4.78 is 34.3. The van der Waals surface area contributed by atoms with Gasteiger partial charge in [0.1, 0.15) is 5.75 Å². The molecule has 0 heterocycles. The third-order valence-electron chi connectivity index (χ3n) is 3.43. The van der Waals surface area contributed by atoms with E-state index in [1.54, 1.807) is 18.2 Å². The lowest BCUT2D eigenvalue weighted by atomic mass is 9.97. The van der Waals surface area contributed by atoms with Crippen LogP contribution in [0.5, 0.6) is 5.75 Å². The normalized spacial score (nSPS) is 12.8. The van der Waals surface area contributed by atoms with Crippen molar-refractivity contribution in [2.45, 2.75) is 12.3 Å². The van der Waals surface area contributed by atoms with Crippen LogP contribution >= 0.6 is 39.1 Å². The third-order valence-corrected chi connectivity index (χ3v) is 5.09. The second kappa shape index (κ2) is 9.24. The fraction of sp³-hybridized carbons (Fsp3) is 0.294. The molecule has 0 amide bonds. The molecule has 0 unspecified atom stereocenters. The third kappa shape index (κ3) is 7.15. The maximum absolute atomic E-state index is 11.3. The Bertz CT molecular complexity index is 810. The number of hydrogen-bond acceptors (Lipinski definition) is 4. The highest BCUT2D eigenvalue weighted by atomic mass is 79.9. The highest BCUT2D eigenvalue weighted by molar-refractivity contribution is 9.10. The Morgan fingerprint density at radius 1 is 1.12 bits per heavy atom. The highest BCUT2D eigenvalue weighted by Crippen LogP contribution is 2.30. The van der Waals surface area contributed by atoms with E-state index in [0.29, 0.717) is 23.1 Å². The molecule has 0 radical (unpaired) electrons. The molecule has 0 N–H and O–H groups in total. The molecule has 0 saturated heterocycles. The van der Waals surface area contributed by atoms with Gasteiger partial charge in [0.15, 0.2) is 0 Å². The summed E-state index contributed by atoms with van der Waals surface area (Å²) in [6, 6.07) is 12.6. The molecule has 2 aromatic rings. The van der Waals surface area contributed by atoms with E-state index in [9.17, 15) is 8.42 Å². The van der Waals surface area contributed by atoms with Crippen LogP contribution in [0.3, 0.4) is 0 Å². The van der Waals surface area contributed by atoms with Crippen molar-refractivity contribution in [3.63, 3.8) is 0 Å². The van der Waals surface area contributed by atoms with E-state index in [-0.39, 0.29) is 12.5 Å². The smallest absolute Gasteiger partial charge is 0.264 e. The first-order chi connectivity index (χ1) is 11.7. The molecular weight excluding hydrogens is 451 g/mol. The zero-order valence-electron chi connectivity index (χ0n) is 13.4. The summed E-state index contributed by atoms with van der Waals surface area (Å²) in [5.74, 6) is 0.489. The number of rotatable bonds is 8. The topological polar surface area (TPSA) is 52.6 Å². The van der Waals surface area contributed by atoms with Gasteiger partial charge >= 0.3 is 0 Å². The predicted molar refractivity (Wildman–Crippen MR) is 104 cm³/mol. The van der Waals surface area contributed by atoms with Crippen molar-refractivity contribution >= 4 is 49.2 Å². The lowest BCUT2D eigenvalue weighted by Crippen LogP contribution is -2.15. The molecule has 0 spiro atoms. The van der Waals surface area contributed by atoms with Crippen molar-refractivity contribution in [2.75, 3.05) is 19.5 Å². The predicted octanol–water partition coefficient (Wildman–Crippen LogP) is 5.28. The van der Waals surface area contributed by atoms with E-state index >= 15 is 0 Å². The summed E-state index contributed by atoms with van der Waals surface area (Å²) in [5, 5.41) is 0.987. The van der Waals surface area contributed by atoms with Crippen LogP contribution in [0.4, 0.5) is 0 Å². The number of hydrogen-bond donors (Lipinski definition) is 0. The fourth-order valence-electron chi connectivity index (χ4n) is 2.22. The Morgan fingerprint density at radius 3 is 2.40 bits per heavy atom. The van der Waals surface area contributed by atoms with Crippen molar-refractivity contribution in [3.05, 3.63) is 62.5 Å². The Balaban J connectivity index is 2.06. The molecule has 0 aliphatic heterocycles. The lowest BCUT2D eigenvalue weighted by molar-refractivity contribution is 0.248. The molecule has 136 valence electrons. The second-order valence-electron chi connectivity index (χ2n) is 5.44. The first-order valence-electron chi connectivity index (χ1n) is 7.42. The van der Waals surface area contributed by atoms with E-state index in [1.165, 1.54) is 0 Å². The Kier molecular flexibility index (Phi) is 7.58. The molecule has 8 heteroatoms. The zero-order chi connectivity index (χ0) is 18.4. The molecule has 0 aromatic heterocycles. The largest absolute Gasteiger partial charge is 0.494 e. The Hall–Kier alpha value is -0.790. The maximum Gasteiger partial charge on any atom is 0.264 e. The van der Waals surface area contributed by atoms with Crippen LogP contribution in [-0.2, 0) is 14.3 Å². The van der Waals surface area contributed by atoms with Crippen molar-refractivity contribution in [3.8, 4) is 5.75 Å². The highest BCUT2D eigenvalue weighted by Gasteiger charge is 2.18. The van der Waals surface area contributed by atoms with Gasteiger partial charge in [0.05, 0.1) is 19.5 Å². The number of ether oxygens (including phenoxy) is 1. The lowest BCUT2D eigenvalue weighted by Gasteiger charge is -2.19. The van der Waals surface area contributed by atoms with Gasteiger partial charge in [0, 0.05) is 20.4 Å². The van der Waals surface area contributed by atoms with Crippen molar-refractivity contribution in [1.82, 2.24) is 0 Å². The quantitative estimate of drug-likeness (QED) is 0.495. The van der Waals surface area contributed by atoms with Crippen molar-refractivity contribution < 1.29 is 17.3 Å². The first kappa shape index (κ1) is 20.5. The van der Waals surface area contributed by atoms with Crippen LogP contribution in [-0.4, -0.2) is 27.9 Å². The molecule has 2 rings (SSSR count). The summed E-state index contributed by atoms with van der Waals surface area (Å²) in [6.07, 6.45) is 1.55. The molecule has 25 heavy (non-hydrogen) atoms. The van der Waals surface area contributed by atoms with Gasteiger partial charge in [-0.25, -0.2) is 0 Å². The number of benzene rings is 2. The van der Waals surface area contributed by atoms with Gasteiger partial charge in [0.2, 0.25) is 0 Å². The van der Waals surface area contributed by atoms with E-state index in [4.69, 9.17) is 32.1 Å². The van der Waals surface area contributed by atoms with Gasteiger partial charge in [-0.15, -0.1) is 0 Å². The van der Waals surface area contributed by atoms with Gasteiger partial charge in [-0.2, -0.15) is 8.42 Å². The van der Waals surface area contributed by atoms with Crippen LogP contribution in [0.2, 0.25) is 10.0 Å². The summed E-state index contributed by atoms with van der Waals surface area (Å²) in [4.78, 5) is 0. The molecule has 2 aromatic carbocycles. The number of halogens is 3. The molecular formula is C17H17BrCl2O4S. The molecule has 1 atom stereocenters. The van der Waals surface area contributed by atoms with Gasteiger partial charge in [-0.05, 0) is 48.4 Å². The second-order valence-corrected chi connectivity index (χ2v) is 8.85. The van der Waals surface area contributed by atoms with Crippen molar-refractivity contribution in [2.24, 2.45) is 0 Å². The van der Waals surface area contributed by atoms with Crippen LogP contribution in [0.1, 0.15) is 17.9 Å². The minimum Gasteiger partial charge on any atom is -0.494 e. The standard InChI is InChI=1S/C17H17BrCl2O4S/c1-25(21,22)24-11-12(16-7-4-14(19)10-17(16)20)8-9-23-15-5-2-13(18)3-6-15/h2-7,10,12H,8-9,11H2,1H3/t12-/m0/s1. The van der Waals surface area contributed by atoms with E-state index in [2.05, 4.69) is 15.9 Å². The summed E-state index contributed by atoms with van der Waals surface area (Å²) >= 11 is 15.5. The summed E-state index contributed by atoms with van der Waals surface area (Å²) in [5.41, 5.74) is 0.772. The molecule has 0 aliphatic rings. The van der Waals surface area contributed by atoms with Gasteiger partial charge < -0.3 is 4.74 Å². The Labute approximate surface area is 166 Å². The van der Waals surface area contributed by atoms with E-state index in [0.717, 1.165) is 22.0 Å². The van der Waals surface area contributed by atoms with Gasteiger partial charge in [-0.1, -0.05) is 45.2 Å². The monoisotopic (exact) mass is 466 g/mol. The van der Waals surface area contributed by atoms with E-state index < -0.39 is 10.1 Å². The van der Waals surface area contributed by atoms with Crippen molar-refractivity contribution in [1.29, 1.82) is 0 Å². The summed E-state index contributed by atoms with van der Waals surface area (Å²) in [6.45, 7) is 0.377. The van der Waals surface area contributed by atoms with Gasteiger partial charge in [0.25, 0.3) is 10.1 Å². The molecule has 0 fully saturated rings. The first-order valence-corrected chi connectivity index (χ1v) is 10.8. The van der Waals surface area contributed by atoms with E-state index in [1.807, 2.05) is 24.3 Å². The average Bonchev–Trinajstić information content (AvgIpc) is 2.52. The fourth-order valence-corrected chi connectivity index (χ4v) is 3.46. The van der Waals surface area contributed by atoms with Gasteiger partial charge in [-0.3, -0.25) is 4.18 Å². The zero-order valence-corrected chi connectivity index (χ0v) is 17.3. The Morgan fingerprint density at radius 2 is 1.80 bits per heavy atom. The minimum absolute atomic E-state index is 0.0100. The van der Waals surface area contributed by atoms with Crippen LogP contribution in [0.25, 0.3) is 0 Å². The molecule has 4 nitrogen and oxygen atoms in total. The minimum atomic E-state index is -3.55.